The van der Waals surface area contributed by atoms with E-state index >= 15 is 0 Å². The average Bonchev–Trinajstić information content (AvgIpc) is 3.21. The molecule has 1 aliphatic heterocycles. The first-order chi connectivity index (χ1) is 11.5. The lowest BCUT2D eigenvalue weighted by molar-refractivity contribution is -0.141. The molecule has 1 fully saturated rings. The van der Waals surface area contributed by atoms with E-state index < -0.39 is 11.9 Å². The summed E-state index contributed by atoms with van der Waals surface area (Å²) in [5, 5.41) is 9.91. The molecule has 126 valence electrons. The normalized spacial score (nSPS) is 17.2. The summed E-state index contributed by atoms with van der Waals surface area (Å²) >= 11 is 1.38. The summed E-state index contributed by atoms with van der Waals surface area (Å²) < 4.78 is 0. The Morgan fingerprint density at radius 1 is 1.33 bits per heavy atom. The standard InChI is InChI=1S/C18H20N2O3S/c1-3-12-4-6-13(7-5-12)16-19-11(2)15(24-16)17(21)20-9-8-14(10-20)18(22)23/h4-7,14H,3,8-10H2,1-2H3,(H,22,23)/t14-/m0/s1. The van der Waals surface area contributed by atoms with Gasteiger partial charge >= 0.3 is 5.97 Å². The fourth-order valence-electron chi connectivity index (χ4n) is 2.89. The molecule has 0 aliphatic carbocycles. The van der Waals surface area contributed by atoms with Crippen LogP contribution in [0, 0.1) is 12.8 Å². The van der Waals surface area contributed by atoms with Crippen molar-refractivity contribution in [2.45, 2.75) is 26.7 Å². The van der Waals surface area contributed by atoms with E-state index in [0.29, 0.717) is 23.5 Å². The highest BCUT2D eigenvalue weighted by atomic mass is 32.1. The third kappa shape index (κ3) is 3.19. The van der Waals surface area contributed by atoms with Crippen LogP contribution in [-0.2, 0) is 11.2 Å². The maximum atomic E-state index is 12.7. The van der Waals surface area contributed by atoms with Gasteiger partial charge in [-0.3, -0.25) is 9.59 Å². The van der Waals surface area contributed by atoms with Crippen molar-refractivity contribution in [1.82, 2.24) is 9.88 Å². The number of aromatic nitrogens is 1. The number of carbonyl (C=O) groups is 2. The minimum absolute atomic E-state index is 0.106. The van der Waals surface area contributed by atoms with Crippen molar-refractivity contribution >= 4 is 23.2 Å². The number of hydrogen-bond acceptors (Lipinski definition) is 4. The molecule has 1 N–H and O–H groups in total. The zero-order valence-corrected chi connectivity index (χ0v) is 14.6. The van der Waals surface area contributed by atoms with E-state index in [-0.39, 0.29) is 12.5 Å². The van der Waals surface area contributed by atoms with Gasteiger partial charge in [-0.15, -0.1) is 11.3 Å². The third-order valence-electron chi connectivity index (χ3n) is 4.42. The molecular weight excluding hydrogens is 324 g/mol. The molecule has 6 heteroatoms. The minimum atomic E-state index is -0.831. The Kier molecular flexibility index (Phi) is 4.66. The van der Waals surface area contributed by atoms with Gasteiger partial charge in [-0.2, -0.15) is 0 Å². The number of carboxylic acids is 1. The number of aliphatic carboxylic acids is 1. The van der Waals surface area contributed by atoms with Crippen LogP contribution in [0.5, 0.6) is 0 Å². The van der Waals surface area contributed by atoms with Crippen molar-refractivity contribution in [2.75, 3.05) is 13.1 Å². The lowest BCUT2D eigenvalue weighted by Gasteiger charge is -2.14. The topological polar surface area (TPSA) is 70.5 Å². The van der Waals surface area contributed by atoms with E-state index in [1.54, 1.807) is 4.90 Å². The number of likely N-dealkylation sites (tertiary alicyclic amines) is 1. The zero-order chi connectivity index (χ0) is 17.3. The molecule has 3 rings (SSSR count). The number of carboxylic acid groups (broad SMARTS) is 1. The van der Waals surface area contributed by atoms with E-state index in [1.165, 1.54) is 16.9 Å². The summed E-state index contributed by atoms with van der Waals surface area (Å²) in [6.07, 6.45) is 1.50. The van der Waals surface area contributed by atoms with E-state index in [9.17, 15) is 9.59 Å². The molecule has 0 saturated carbocycles. The van der Waals surface area contributed by atoms with Crippen molar-refractivity contribution < 1.29 is 14.7 Å². The Hall–Kier alpha value is -2.21. The number of benzene rings is 1. The maximum absolute atomic E-state index is 12.7. The Morgan fingerprint density at radius 2 is 2.04 bits per heavy atom. The number of aryl methyl sites for hydroxylation is 2. The van der Waals surface area contributed by atoms with Crippen LogP contribution in [0.15, 0.2) is 24.3 Å². The first kappa shape index (κ1) is 16.6. The molecule has 24 heavy (non-hydrogen) atoms. The molecule has 5 nitrogen and oxygen atoms in total. The number of thiazole rings is 1. The highest BCUT2D eigenvalue weighted by Gasteiger charge is 2.32. The average molecular weight is 344 g/mol. The Bertz CT molecular complexity index is 767. The largest absolute Gasteiger partial charge is 0.481 e. The van der Waals surface area contributed by atoms with Crippen LogP contribution in [0.2, 0.25) is 0 Å². The molecule has 1 atom stereocenters. The van der Waals surface area contributed by atoms with Crippen LogP contribution in [0.1, 0.15) is 34.3 Å². The molecule has 2 aromatic rings. The van der Waals surface area contributed by atoms with Crippen LogP contribution in [0.25, 0.3) is 10.6 Å². The summed E-state index contributed by atoms with van der Waals surface area (Å²) in [6, 6.07) is 8.21. The highest BCUT2D eigenvalue weighted by molar-refractivity contribution is 7.17. The van der Waals surface area contributed by atoms with Gasteiger partial charge < -0.3 is 10.0 Å². The van der Waals surface area contributed by atoms with Gasteiger partial charge in [-0.05, 0) is 25.3 Å². The van der Waals surface area contributed by atoms with Crippen LogP contribution in [0.4, 0.5) is 0 Å². The van der Waals surface area contributed by atoms with Crippen molar-refractivity contribution in [3.8, 4) is 10.6 Å². The summed E-state index contributed by atoms with van der Waals surface area (Å²) in [5.41, 5.74) is 2.97. The van der Waals surface area contributed by atoms with Gasteiger partial charge in [0.05, 0.1) is 11.6 Å². The van der Waals surface area contributed by atoms with Crippen molar-refractivity contribution in [3.05, 3.63) is 40.4 Å². The van der Waals surface area contributed by atoms with Gasteiger partial charge in [-0.1, -0.05) is 31.2 Å². The number of nitrogens with zero attached hydrogens (tertiary/aromatic N) is 2. The van der Waals surface area contributed by atoms with E-state index in [2.05, 4.69) is 24.0 Å². The molecule has 1 amide bonds. The number of carbonyl (C=O) groups excluding carboxylic acids is 1. The fourth-order valence-corrected chi connectivity index (χ4v) is 3.93. The second-order valence-electron chi connectivity index (χ2n) is 6.06. The van der Waals surface area contributed by atoms with Gasteiger partial charge in [0.15, 0.2) is 0 Å². The summed E-state index contributed by atoms with van der Waals surface area (Å²) in [6.45, 7) is 4.72. The predicted molar refractivity (Wildman–Crippen MR) is 93.3 cm³/mol. The lowest BCUT2D eigenvalue weighted by Crippen LogP contribution is -2.29. The molecule has 0 bridgehead atoms. The first-order valence-corrected chi connectivity index (χ1v) is 8.90. The molecule has 2 heterocycles. The fraction of sp³-hybridized carbons (Fsp3) is 0.389. The van der Waals surface area contributed by atoms with Gasteiger partial charge in [0.1, 0.15) is 9.88 Å². The Labute approximate surface area is 145 Å². The van der Waals surface area contributed by atoms with E-state index in [0.717, 1.165) is 17.0 Å². The smallest absolute Gasteiger partial charge is 0.308 e. The predicted octanol–water partition coefficient (Wildman–Crippen LogP) is 3.23. The molecule has 1 aliphatic rings. The van der Waals surface area contributed by atoms with Gasteiger partial charge in [0.25, 0.3) is 5.91 Å². The summed E-state index contributed by atoms with van der Waals surface area (Å²) in [7, 11) is 0. The van der Waals surface area contributed by atoms with Gasteiger partial charge in [0, 0.05) is 18.7 Å². The Balaban J connectivity index is 1.81. The van der Waals surface area contributed by atoms with Crippen molar-refractivity contribution in [2.24, 2.45) is 5.92 Å². The molecule has 0 spiro atoms. The van der Waals surface area contributed by atoms with E-state index in [4.69, 9.17) is 5.11 Å². The molecule has 1 aromatic carbocycles. The highest BCUT2D eigenvalue weighted by Crippen LogP contribution is 2.30. The SMILES string of the molecule is CCc1ccc(-c2nc(C)c(C(=O)N3CC[C@H](C(=O)O)C3)s2)cc1. The quantitative estimate of drug-likeness (QED) is 0.924. The zero-order valence-electron chi connectivity index (χ0n) is 13.8. The second kappa shape index (κ2) is 6.73. The minimum Gasteiger partial charge on any atom is -0.481 e. The maximum Gasteiger partial charge on any atom is 0.308 e. The van der Waals surface area contributed by atoms with Crippen LogP contribution < -0.4 is 0 Å². The van der Waals surface area contributed by atoms with Crippen molar-refractivity contribution in [1.29, 1.82) is 0 Å². The lowest BCUT2D eigenvalue weighted by atomic mass is 10.1. The Morgan fingerprint density at radius 3 is 2.62 bits per heavy atom. The van der Waals surface area contributed by atoms with E-state index in [1.807, 2.05) is 19.1 Å². The van der Waals surface area contributed by atoms with Crippen LogP contribution >= 0.6 is 11.3 Å². The number of amides is 1. The van der Waals surface area contributed by atoms with Gasteiger partial charge in [0.2, 0.25) is 0 Å². The molecule has 0 radical (unpaired) electrons. The third-order valence-corrected chi connectivity index (χ3v) is 5.62. The number of hydrogen-bond donors (Lipinski definition) is 1. The molecule has 0 unspecified atom stereocenters. The monoisotopic (exact) mass is 344 g/mol. The van der Waals surface area contributed by atoms with Crippen LogP contribution in [0.3, 0.4) is 0 Å². The summed E-state index contributed by atoms with van der Waals surface area (Å²) in [5.74, 6) is -1.39. The van der Waals surface area contributed by atoms with Crippen LogP contribution in [-0.4, -0.2) is 40.0 Å². The number of rotatable bonds is 4. The molecule has 1 saturated heterocycles. The second-order valence-corrected chi connectivity index (χ2v) is 7.06. The first-order valence-electron chi connectivity index (χ1n) is 8.08. The van der Waals surface area contributed by atoms with Gasteiger partial charge in [-0.25, -0.2) is 4.98 Å². The summed E-state index contributed by atoms with van der Waals surface area (Å²) in [4.78, 5) is 30.5. The van der Waals surface area contributed by atoms with Crippen molar-refractivity contribution in [3.63, 3.8) is 0 Å². The molecule has 1 aromatic heterocycles. The molecular formula is C18H20N2O3S.